The first-order valence-electron chi connectivity index (χ1n) is 10.7. The molecule has 0 unspecified atom stereocenters. The Morgan fingerprint density at radius 1 is 1.00 bits per heavy atom. The fraction of sp³-hybridized carbons (Fsp3) is 0.148. The molecule has 3 aromatic carbocycles. The Labute approximate surface area is 195 Å². The van der Waals surface area contributed by atoms with Gasteiger partial charge in [0, 0.05) is 24.1 Å². The number of ether oxygens (including phenoxy) is 2. The van der Waals surface area contributed by atoms with Crippen molar-refractivity contribution in [2.24, 2.45) is 0 Å². The van der Waals surface area contributed by atoms with Gasteiger partial charge in [0.25, 0.3) is 0 Å². The van der Waals surface area contributed by atoms with E-state index >= 15 is 0 Å². The van der Waals surface area contributed by atoms with Gasteiger partial charge in [0.2, 0.25) is 5.75 Å². The molecule has 3 N–H and O–H groups in total. The van der Waals surface area contributed by atoms with Crippen LogP contribution < -0.4 is 14.9 Å². The Hall–Kier alpha value is -4.23. The third kappa shape index (κ3) is 5.05. The number of fused-ring (bicyclic) bond motifs is 1. The van der Waals surface area contributed by atoms with E-state index in [-0.39, 0.29) is 58.2 Å². The normalized spacial score (nSPS) is 12.2. The Morgan fingerprint density at radius 2 is 1.74 bits per heavy atom. The molecule has 7 heteroatoms. The molecule has 1 atom stereocenters. The van der Waals surface area contributed by atoms with Crippen LogP contribution in [0.4, 0.5) is 0 Å². The second-order valence-corrected chi connectivity index (χ2v) is 7.63. The second kappa shape index (κ2) is 10.1. The van der Waals surface area contributed by atoms with Crippen LogP contribution in [0.2, 0.25) is 0 Å². The number of phenolic OH excluding ortho intramolecular Hbond substituents is 2. The zero-order valence-corrected chi connectivity index (χ0v) is 18.5. The smallest absolute Gasteiger partial charge is 0.204 e. The second-order valence-electron chi connectivity index (χ2n) is 7.63. The van der Waals surface area contributed by atoms with Gasteiger partial charge in [0.05, 0.1) is 19.8 Å². The standard InChI is InChI=1S/C27H24O7/c1-32-26-22(31)16-24-25(21(30)15-23(34-24)18-8-11-19(28)12-9-18)27(26)33-14-13-20(29)10-7-17-5-3-2-4-6-17/h2-12,15-16,20,28-29,31H,13-14H2,1H3/b10-7+/t20-/m0/s1. The highest BCUT2D eigenvalue weighted by Gasteiger charge is 2.21. The van der Waals surface area contributed by atoms with Crippen LogP contribution in [0.15, 0.2) is 82.0 Å². The van der Waals surface area contributed by atoms with Gasteiger partial charge in [-0.2, -0.15) is 0 Å². The molecule has 0 bridgehead atoms. The molecule has 0 radical (unpaired) electrons. The quantitative estimate of drug-likeness (QED) is 0.349. The van der Waals surface area contributed by atoms with Crippen LogP contribution in [0.1, 0.15) is 12.0 Å². The topological polar surface area (TPSA) is 109 Å². The molecule has 4 rings (SSSR count). The van der Waals surface area contributed by atoms with E-state index in [9.17, 15) is 20.1 Å². The van der Waals surface area contributed by atoms with E-state index in [1.54, 1.807) is 18.2 Å². The van der Waals surface area contributed by atoms with E-state index in [2.05, 4.69) is 0 Å². The Morgan fingerprint density at radius 3 is 2.44 bits per heavy atom. The lowest BCUT2D eigenvalue weighted by molar-refractivity contribution is 0.177. The van der Waals surface area contributed by atoms with E-state index in [0.717, 1.165) is 5.56 Å². The van der Waals surface area contributed by atoms with E-state index in [4.69, 9.17) is 13.9 Å². The Balaban J connectivity index is 1.60. The lowest BCUT2D eigenvalue weighted by atomic mass is 10.1. The maximum absolute atomic E-state index is 13.0. The molecule has 0 fully saturated rings. The number of benzene rings is 3. The van der Waals surface area contributed by atoms with Gasteiger partial charge in [-0.15, -0.1) is 0 Å². The highest BCUT2D eigenvalue weighted by Crippen LogP contribution is 2.42. The summed E-state index contributed by atoms with van der Waals surface area (Å²) in [5, 5.41) is 30.3. The van der Waals surface area contributed by atoms with Crippen LogP contribution in [0.25, 0.3) is 28.4 Å². The van der Waals surface area contributed by atoms with Crippen LogP contribution in [-0.4, -0.2) is 35.1 Å². The molecule has 34 heavy (non-hydrogen) atoms. The summed E-state index contributed by atoms with van der Waals surface area (Å²) in [6.45, 7) is 0.0639. The van der Waals surface area contributed by atoms with Gasteiger partial charge in [-0.25, -0.2) is 0 Å². The number of aliphatic hydroxyl groups excluding tert-OH is 1. The number of phenols is 2. The first-order chi connectivity index (χ1) is 16.5. The molecular weight excluding hydrogens is 436 g/mol. The largest absolute Gasteiger partial charge is 0.508 e. The highest BCUT2D eigenvalue weighted by atomic mass is 16.5. The number of methoxy groups -OCH3 is 1. The third-order valence-corrected chi connectivity index (χ3v) is 5.24. The molecule has 7 nitrogen and oxygen atoms in total. The van der Waals surface area contributed by atoms with E-state index < -0.39 is 6.10 Å². The zero-order valence-electron chi connectivity index (χ0n) is 18.5. The predicted octanol–water partition coefficient (Wildman–Crippen LogP) is 4.72. The monoisotopic (exact) mass is 460 g/mol. The maximum Gasteiger partial charge on any atom is 0.204 e. The van der Waals surface area contributed by atoms with E-state index in [1.165, 1.54) is 31.4 Å². The fourth-order valence-corrected chi connectivity index (χ4v) is 3.52. The van der Waals surface area contributed by atoms with Crippen LogP contribution in [-0.2, 0) is 0 Å². The number of hydrogen-bond acceptors (Lipinski definition) is 7. The Kier molecular flexibility index (Phi) is 6.85. The average Bonchev–Trinajstić information content (AvgIpc) is 2.83. The molecule has 0 aliphatic carbocycles. The van der Waals surface area contributed by atoms with Crippen LogP contribution in [0, 0.1) is 0 Å². The molecule has 4 aromatic rings. The van der Waals surface area contributed by atoms with E-state index in [1.807, 2.05) is 36.4 Å². The van der Waals surface area contributed by atoms with Gasteiger partial charge in [0.15, 0.2) is 16.9 Å². The summed E-state index contributed by atoms with van der Waals surface area (Å²) in [6, 6.07) is 18.4. The van der Waals surface area contributed by atoms with Crippen LogP contribution in [0.5, 0.6) is 23.0 Å². The van der Waals surface area contributed by atoms with Gasteiger partial charge >= 0.3 is 0 Å². The first kappa shape index (κ1) is 22.9. The number of aromatic hydroxyl groups is 2. The summed E-state index contributed by atoms with van der Waals surface area (Å²) < 4.78 is 17.0. The van der Waals surface area contributed by atoms with Crippen molar-refractivity contribution in [1.82, 2.24) is 0 Å². The molecule has 0 saturated carbocycles. The summed E-state index contributed by atoms with van der Waals surface area (Å²) >= 11 is 0. The minimum Gasteiger partial charge on any atom is -0.508 e. The Bertz CT molecular complexity index is 1360. The van der Waals surface area contributed by atoms with Gasteiger partial charge in [-0.1, -0.05) is 42.5 Å². The van der Waals surface area contributed by atoms with Crippen molar-refractivity contribution in [1.29, 1.82) is 0 Å². The minimum atomic E-state index is -0.771. The SMILES string of the molecule is COc1c(O)cc2oc(-c3ccc(O)cc3)cc(=O)c2c1OCC[C@@H](O)/C=C/c1ccccc1. The van der Waals surface area contributed by atoms with Gasteiger partial charge in [0.1, 0.15) is 22.5 Å². The van der Waals surface area contributed by atoms with Crippen LogP contribution >= 0.6 is 0 Å². The molecule has 0 spiro atoms. The van der Waals surface area contributed by atoms with Crippen molar-refractivity contribution < 1.29 is 29.2 Å². The lowest BCUT2D eigenvalue weighted by Crippen LogP contribution is -2.11. The summed E-state index contributed by atoms with van der Waals surface area (Å²) in [7, 11) is 1.36. The third-order valence-electron chi connectivity index (χ3n) is 5.24. The molecule has 0 aliphatic heterocycles. The summed E-state index contributed by atoms with van der Waals surface area (Å²) in [5.41, 5.74) is 1.28. The zero-order chi connectivity index (χ0) is 24.1. The molecular formula is C27H24O7. The van der Waals surface area contributed by atoms with Crippen molar-refractivity contribution in [3.8, 4) is 34.3 Å². The maximum atomic E-state index is 13.0. The van der Waals surface area contributed by atoms with Gasteiger partial charge in [-0.05, 0) is 29.8 Å². The van der Waals surface area contributed by atoms with Crippen LogP contribution in [0.3, 0.4) is 0 Å². The summed E-state index contributed by atoms with van der Waals surface area (Å²) in [6.07, 6.45) is 2.95. The van der Waals surface area contributed by atoms with Crippen molar-refractivity contribution in [2.75, 3.05) is 13.7 Å². The molecule has 174 valence electrons. The van der Waals surface area contributed by atoms with Crippen molar-refractivity contribution >= 4 is 17.0 Å². The highest BCUT2D eigenvalue weighted by molar-refractivity contribution is 5.90. The summed E-state index contributed by atoms with van der Waals surface area (Å²) in [4.78, 5) is 13.0. The van der Waals surface area contributed by atoms with Crippen molar-refractivity contribution in [3.05, 3.63) is 88.6 Å². The molecule has 0 amide bonds. The fourth-order valence-electron chi connectivity index (χ4n) is 3.52. The van der Waals surface area contributed by atoms with Crippen molar-refractivity contribution in [3.63, 3.8) is 0 Å². The van der Waals surface area contributed by atoms with Gasteiger partial charge < -0.3 is 29.2 Å². The number of aliphatic hydroxyl groups is 1. The average molecular weight is 460 g/mol. The minimum absolute atomic E-state index is 0.00602. The summed E-state index contributed by atoms with van der Waals surface area (Å²) in [5.74, 6) is 0.162. The number of rotatable bonds is 8. The predicted molar refractivity (Wildman–Crippen MR) is 129 cm³/mol. The van der Waals surface area contributed by atoms with E-state index in [0.29, 0.717) is 5.56 Å². The van der Waals surface area contributed by atoms with Gasteiger partial charge in [-0.3, -0.25) is 4.79 Å². The molecule has 0 aliphatic rings. The van der Waals surface area contributed by atoms with Crippen molar-refractivity contribution in [2.45, 2.75) is 12.5 Å². The molecule has 1 heterocycles. The molecule has 1 aromatic heterocycles. The molecule has 0 saturated heterocycles. The lowest BCUT2D eigenvalue weighted by Gasteiger charge is -2.15. The number of hydrogen-bond donors (Lipinski definition) is 3. The first-order valence-corrected chi connectivity index (χ1v) is 10.7.